The molecule has 3 aromatic heterocycles. The Labute approximate surface area is 157 Å². The lowest BCUT2D eigenvalue weighted by molar-refractivity contribution is 0.0903. The summed E-state index contributed by atoms with van der Waals surface area (Å²) < 4.78 is 7.82. The molecule has 0 radical (unpaired) electrons. The van der Waals surface area contributed by atoms with Gasteiger partial charge in [0.25, 0.3) is 5.91 Å². The van der Waals surface area contributed by atoms with E-state index >= 15 is 0 Å². The van der Waals surface area contributed by atoms with Gasteiger partial charge in [-0.15, -0.1) is 0 Å². The standard InChI is InChI=1S/C20H23N5O2/c1-13-5-4-7-25-16(13)12-23-19(25)20(2,3)24-18(26)15-11-22-10-14-9-21-6-8-27-17(14)15/h4-5,7,10-12,21H,6,8-9H2,1-3H3,(H,24,26). The van der Waals surface area contributed by atoms with Crippen molar-refractivity contribution in [3.63, 3.8) is 0 Å². The SMILES string of the molecule is Cc1cccn2c(C(C)(C)NC(=O)c3cncc4c3OCCNC4)ncc12. The quantitative estimate of drug-likeness (QED) is 0.744. The van der Waals surface area contributed by atoms with E-state index in [2.05, 4.69) is 20.6 Å². The van der Waals surface area contributed by atoms with Crippen LogP contribution in [0.2, 0.25) is 0 Å². The van der Waals surface area contributed by atoms with Crippen LogP contribution in [0.4, 0.5) is 0 Å². The zero-order valence-electron chi connectivity index (χ0n) is 15.7. The monoisotopic (exact) mass is 365 g/mol. The lowest BCUT2D eigenvalue weighted by atomic mass is 10.0. The summed E-state index contributed by atoms with van der Waals surface area (Å²) in [7, 11) is 0. The Morgan fingerprint density at radius 2 is 2.19 bits per heavy atom. The molecule has 1 amide bonds. The molecule has 4 heterocycles. The molecule has 4 rings (SSSR count). The van der Waals surface area contributed by atoms with Gasteiger partial charge in [0, 0.05) is 37.2 Å². The average Bonchev–Trinajstić information content (AvgIpc) is 2.94. The zero-order chi connectivity index (χ0) is 19.0. The average molecular weight is 365 g/mol. The number of imidazole rings is 1. The van der Waals surface area contributed by atoms with E-state index < -0.39 is 5.54 Å². The van der Waals surface area contributed by atoms with Crippen LogP contribution in [0.5, 0.6) is 5.75 Å². The molecule has 140 valence electrons. The topological polar surface area (TPSA) is 80.5 Å². The Morgan fingerprint density at radius 1 is 1.33 bits per heavy atom. The van der Waals surface area contributed by atoms with Gasteiger partial charge in [0.1, 0.15) is 18.2 Å². The fraction of sp³-hybridized carbons (Fsp3) is 0.350. The van der Waals surface area contributed by atoms with Crippen molar-refractivity contribution in [2.45, 2.75) is 32.9 Å². The molecule has 7 heteroatoms. The maximum Gasteiger partial charge on any atom is 0.257 e. The third kappa shape index (κ3) is 3.14. The lowest BCUT2D eigenvalue weighted by Gasteiger charge is -2.26. The van der Waals surface area contributed by atoms with Crippen LogP contribution in [-0.2, 0) is 12.1 Å². The minimum absolute atomic E-state index is 0.226. The van der Waals surface area contributed by atoms with E-state index in [-0.39, 0.29) is 5.91 Å². The van der Waals surface area contributed by atoms with Crippen molar-refractivity contribution < 1.29 is 9.53 Å². The highest BCUT2D eigenvalue weighted by atomic mass is 16.5. The number of nitrogens with one attached hydrogen (secondary N) is 2. The van der Waals surface area contributed by atoms with Crippen LogP contribution in [0.25, 0.3) is 5.52 Å². The molecule has 0 spiro atoms. The van der Waals surface area contributed by atoms with E-state index in [4.69, 9.17) is 4.74 Å². The first-order chi connectivity index (χ1) is 13.0. The largest absolute Gasteiger partial charge is 0.491 e. The highest BCUT2D eigenvalue weighted by Crippen LogP contribution is 2.27. The number of fused-ring (bicyclic) bond motifs is 2. The predicted molar refractivity (Wildman–Crippen MR) is 102 cm³/mol. The van der Waals surface area contributed by atoms with Gasteiger partial charge < -0.3 is 19.8 Å². The summed E-state index contributed by atoms with van der Waals surface area (Å²) in [5.41, 5.74) is 2.82. The van der Waals surface area contributed by atoms with E-state index in [0.29, 0.717) is 24.5 Å². The molecule has 0 saturated carbocycles. The molecule has 3 aromatic rings. The van der Waals surface area contributed by atoms with Gasteiger partial charge in [0.2, 0.25) is 0 Å². The van der Waals surface area contributed by atoms with Crippen molar-refractivity contribution in [2.24, 2.45) is 0 Å². The summed E-state index contributed by atoms with van der Waals surface area (Å²) in [4.78, 5) is 21.8. The minimum Gasteiger partial charge on any atom is -0.491 e. The molecule has 1 aliphatic rings. The number of carbonyl (C=O) groups excluding carboxylic acids is 1. The molecule has 7 nitrogen and oxygen atoms in total. The fourth-order valence-electron chi connectivity index (χ4n) is 3.43. The third-order valence-corrected chi connectivity index (χ3v) is 4.82. The van der Waals surface area contributed by atoms with Gasteiger partial charge in [-0.25, -0.2) is 4.98 Å². The second-order valence-corrected chi connectivity index (χ2v) is 7.31. The molecule has 0 unspecified atom stereocenters. The van der Waals surface area contributed by atoms with E-state index in [0.717, 1.165) is 29.0 Å². The van der Waals surface area contributed by atoms with Gasteiger partial charge in [0.05, 0.1) is 22.8 Å². The summed E-state index contributed by atoms with van der Waals surface area (Å²) in [6.45, 7) is 7.82. The number of hydrogen-bond acceptors (Lipinski definition) is 5. The molecular formula is C20H23N5O2. The molecule has 2 N–H and O–H groups in total. The molecule has 0 fully saturated rings. The highest BCUT2D eigenvalue weighted by Gasteiger charge is 2.30. The van der Waals surface area contributed by atoms with Crippen molar-refractivity contribution in [2.75, 3.05) is 13.2 Å². The number of nitrogens with zero attached hydrogens (tertiary/aromatic N) is 3. The van der Waals surface area contributed by atoms with Gasteiger partial charge in [-0.05, 0) is 32.4 Å². The number of rotatable bonds is 3. The van der Waals surface area contributed by atoms with E-state index in [9.17, 15) is 4.79 Å². The van der Waals surface area contributed by atoms with Gasteiger partial charge in [-0.3, -0.25) is 9.78 Å². The van der Waals surface area contributed by atoms with E-state index in [1.165, 1.54) is 0 Å². The van der Waals surface area contributed by atoms with Crippen LogP contribution in [0, 0.1) is 6.92 Å². The maximum absolute atomic E-state index is 13.1. The van der Waals surface area contributed by atoms with Gasteiger partial charge in [0.15, 0.2) is 0 Å². The van der Waals surface area contributed by atoms with Crippen LogP contribution in [-0.4, -0.2) is 33.4 Å². The van der Waals surface area contributed by atoms with E-state index in [1.807, 2.05) is 49.7 Å². The first-order valence-corrected chi connectivity index (χ1v) is 9.03. The molecule has 0 aromatic carbocycles. The Bertz CT molecular complexity index is 1010. The maximum atomic E-state index is 13.1. The fourth-order valence-corrected chi connectivity index (χ4v) is 3.43. The zero-order valence-corrected chi connectivity index (χ0v) is 15.7. The number of aryl methyl sites for hydroxylation is 1. The van der Waals surface area contributed by atoms with Crippen molar-refractivity contribution in [1.82, 2.24) is 25.0 Å². The van der Waals surface area contributed by atoms with Crippen LogP contribution < -0.4 is 15.4 Å². The molecule has 0 atom stereocenters. The van der Waals surface area contributed by atoms with Gasteiger partial charge in [-0.1, -0.05) is 6.07 Å². The molecule has 27 heavy (non-hydrogen) atoms. The second-order valence-electron chi connectivity index (χ2n) is 7.31. The van der Waals surface area contributed by atoms with Crippen molar-refractivity contribution in [3.8, 4) is 5.75 Å². The van der Waals surface area contributed by atoms with Crippen molar-refractivity contribution in [3.05, 3.63) is 59.4 Å². The Hall–Kier alpha value is -2.93. The molecule has 0 bridgehead atoms. The Kier molecular flexibility index (Phi) is 4.31. The number of ether oxygens (including phenoxy) is 1. The van der Waals surface area contributed by atoms with E-state index in [1.54, 1.807) is 12.4 Å². The number of carbonyl (C=O) groups is 1. The van der Waals surface area contributed by atoms with Crippen LogP contribution in [0.15, 0.2) is 36.9 Å². The smallest absolute Gasteiger partial charge is 0.257 e. The number of hydrogen-bond donors (Lipinski definition) is 2. The lowest BCUT2D eigenvalue weighted by Crippen LogP contribution is -2.42. The first kappa shape index (κ1) is 17.5. The van der Waals surface area contributed by atoms with Crippen molar-refractivity contribution >= 4 is 11.4 Å². The second kappa shape index (κ2) is 6.66. The van der Waals surface area contributed by atoms with Crippen LogP contribution in [0.3, 0.4) is 0 Å². The summed E-state index contributed by atoms with van der Waals surface area (Å²) in [5, 5.41) is 6.35. The molecule has 1 aliphatic heterocycles. The van der Waals surface area contributed by atoms with Crippen molar-refractivity contribution in [1.29, 1.82) is 0 Å². The van der Waals surface area contributed by atoms with Crippen LogP contribution in [0.1, 0.15) is 41.2 Å². The Balaban J connectivity index is 1.67. The normalized spacial score (nSPS) is 14.3. The molecular weight excluding hydrogens is 342 g/mol. The number of pyridine rings is 2. The highest BCUT2D eigenvalue weighted by molar-refractivity contribution is 5.97. The number of aromatic nitrogens is 3. The summed E-state index contributed by atoms with van der Waals surface area (Å²) in [6.07, 6.45) is 7.09. The summed E-state index contributed by atoms with van der Waals surface area (Å²) in [5.74, 6) is 1.15. The predicted octanol–water partition coefficient (Wildman–Crippen LogP) is 2.18. The Morgan fingerprint density at radius 3 is 3.04 bits per heavy atom. The third-order valence-electron chi connectivity index (χ3n) is 4.82. The van der Waals surface area contributed by atoms with Gasteiger partial charge >= 0.3 is 0 Å². The minimum atomic E-state index is -0.678. The number of amides is 1. The summed E-state index contributed by atoms with van der Waals surface area (Å²) in [6, 6.07) is 4.02. The van der Waals surface area contributed by atoms with Gasteiger partial charge in [-0.2, -0.15) is 0 Å². The van der Waals surface area contributed by atoms with Crippen LogP contribution >= 0.6 is 0 Å². The molecule has 0 saturated heterocycles. The molecule has 0 aliphatic carbocycles. The first-order valence-electron chi connectivity index (χ1n) is 9.03. The summed E-state index contributed by atoms with van der Waals surface area (Å²) >= 11 is 0.